The summed E-state index contributed by atoms with van der Waals surface area (Å²) < 4.78 is 0. The summed E-state index contributed by atoms with van der Waals surface area (Å²) in [6.45, 7) is 13.6. The number of carbonyl (C=O) groups is 1. The molecular formula is C22H30N2OS. The predicted molar refractivity (Wildman–Crippen MR) is 111 cm³/mol. The first-order chi connectivity index (χ1) is 12.2. The molecule has 1 aromatic heterocycles. The zero-order chi connectivity index (χ0) is 18.9. The van der Waals surface area contributed by atoms with Crippen LogP contribution >= 0.6 is 11.3 Å². The van der Waals surface area contributed by atoms with Gasteiger partial charge in [-0.3, -0.25) is 9.69 Å². The Hall–Kier alpha value is -1.65. The maximum atomic E-state index is 12.3. The number of nitrogens with one attached hydrogen (secondary N) is 1. The lowest BCUT2D eigenvalue weighted by atomic mass is 9.92. The van der Waals surface area contributed by atoms with E-state index in [0.717, 1.165) is 42.9 Å². The van der Waals surface area contributed by atoms with Gasteiger partial charge in [-0.05, 0) is 59.4 Å². The fourth-order valence-corrected chi connectivity index (χ4v) is 4.66. The van der Waals surface area contributed by atoms with Gasteiger partial charge >= 0.3 is 0 Å². The van der Waals surface area contributed by atoms with Gasteiger partial charge in [0.25, 0.3) is 0 Å². The van der Waals surface area contributed by atoms with Gasteiger partial charge in [-0.25, -0.2) is 0 Å². The van der Waals surface area contributed by atoms with E-state index < -0.39 is 0 Å². The molecule has 1 aromatic carbocycles. The Labute approximate surface area is 161 Å². The fraction of sp³-hybridized carbons (Fsp3) is 0.500. The highest BCUT2D eigenvalue weighted by molar-refractivity contribution is 7.10. The monoisotopic (exact) mass is 370 g/mol. The van der Waals surface area contributed by atoms with Gasteiger partial charge in [0.2, 0.25) is 5.91 Å². The van der Waals surface area contributed by atoms with Gasteiger partial charge in [0.1, 0.15) is 0 Å². The van der Waals surface area contributed by atoms with Crippen LogP contribution in [0.5, 0.6) is 0 Å². The van der Waals surface area contributed by atoms with Gasteiger partial charge in [-0.2, -0.15) is 0 Å². The summed E-state index contributed by atoms with van der Waals surface area (Å²) in [6.07, 6.45) is 1.68. The van der Waals surface area contributed by atoms with Crippen molar-refractivity contribution in [1.29, 1.82) is 0 Å². The lowest BCUT2D eigenvalue weighted by molar-refractivity contribution is -0.117. The standard InChI is InChI=1S/C22H30N2OS/c1-15-10-17(13-24-8-6-18-7-9-26-19(18)14-24)11-16(2)21(15)23-20(25)12-22(3,4)5/h7,9-11H,6,8,12-14H2,1-5H3,(H,23,25). The molecule has 0 aliphatic carbocycles. The first kappa shape index (κ1) is 19.1. The number of thiophene rings is 1. The second-order valence-corrected chi connectivity index (χ2v) is 9.72. The molecule has 0 saturated heterocycles. The molecule has 0 atom stereocenters. The highest BCUT2D eigenvalue weighted by atomic mass is 32.1. The molecule has 3 rings (SSSR count). The van der Waals surface area contributed by atoms with E-state index in [9.17, 15) is 4.79 Å². The highest BCUT2D eigenvalue weighted by Gasteiger charge is 2.19. The molecule has 3 nitrogen and oxygen atoms in total. The van der Waals surface area contributed by atoms with Gasteiger partial charge in [0.15, 0.2) is 0 Å². The number of nitrogens with zero attached hydrogens (tertiary/aromatic N) is 1. The summed E-state index contributed by atoms with van der Waals surface area (Å²) in [4.78, 5) is 16.3. The third-order valence-corrected chi connectivity index (χ3v) is 5.80. The molecule has 26 heavy (non-hydrogen) atoms. The van der Waals surface area contributed by atoms with Crippen molar-refractivity contribution in [3.05, 3.63) is 50.7 Å². The zero-order valence-corrected chi connectivity index (χ0v) is 17.4. The lowest BCUT2D eigenvalue weighted by Crippen LogP contribution is -2.29. The van der Waals surface area contributed by atoms with E-state index in [4.69, 9.17) is 0 Å². The average Bonchev–Trinajstić information content (AvgIpc) is 2.97. The Kier molecular flexibility index (Phi) is 5.54. The van der Waals surface area contributed by atoms with E-state index in [1.165, 1.54) is 16.0 Å². The second-order valence-electron chi connectivity index (χ2n) is 8.72. The van der Waals surface area contributed by atoms with Gasteiger partial charge in [0.05, 0.1) is 0 Å². The Morgan fingerprint density at radius 2 is 1.92 bits per heavy atom. The van der Waals surface area contributed by atoms with Crippen molar-refractivity contribution in [3.63, 3.8) is 0 Å². The second kappa shape index (κ2) is 7.53. The van der Waals surface area contributed by atoms with Crippen molar-refractivity contribution in [2.75, 3.05) is 11.9 Å². The van der Waals surface area contributed by atoms with Crippen LogP contribution in [-0.4, -0.2) is 17.4 Å². The summed E-state index contributed by atoms with van der Waals surface area (Å²) >= 11 is 1.87. The van der Waals surface area contributed by atoms with E-state index in [0.29, 0.717) is 6.42 Å². The van der Waals surface area contributed by atoms with Crippen molar-refractivity contribution >= 4 is 22.9 Å². The number of carbonyl (C=O) groups excluding carboxylic acids is 1. The number of aryl methyl sites for hydroxylation is 2. The van der Waals surface area contributed by atoms with Crippen LogP contribution in [0.15, 0.2) is 23.6 Å². The van der Waals surface area contributed by atoms with Crippen LogP contribution in [0.4, 0.5) is 5.69 Å². The number of hydrogen-bond acceptors (Lipinski definition) is 3. The maximum absolute atomic E-state index is 12.3. The van der Waals surface area contributed by atoms with Crippen molar-refractivity contribution in [1.82, 2.24) is 4.90 Å². The van der Waals surface area contributed by atoms with Crippen LogP contribution in [-0.2, 0) is 24.3 Å². The van der Waals surface area contributed by atoms with Crippen molar-refractivity contribution in [2.45, 2.75) is 60.5 Å². The molecule has 0 radical (unpaired) electrons. The van der Waals surface area contributed by atoms with Crippen LogP contribution in [0.2, 0.25) is 0 Å². The minimum absolute atomic E-state index is 0.000735. The number of amides is 1. The molecule has 1 aliphatic heterocycles. The summed E-state index contributed by atoms with van der Waals surface area (Å²) in [5, 5.41) is 5.33. The first-order valence-electron chi connectivity index (χ1n) is 9.39. The highest BCUT2D eigenvalue weighted by Crippen LogP contribution is 2.28. The Morgan fingerprint density at radius 3 is 2.58 bits per heavy atom. The molecule has 4 heteroatoms. The molecule has 0 unspecified atom stereocenters. The zero-order valence-electron chi connectivity index (χ0n) is 16.6. The van der Waals surface area contributed by atoms with Gasteiger partial charge in [-0.15, -0.1) is 11.3 Å². The number of fused-ring (bicyclic) bond motifs is 1. The summed E-state index contributed by atoms with van der Waals surface area (Å²) in [6, 6.07) is 6.72. The van der Waals surface area contributed by atoms with E-state index in [1.807, 2.05) is 11.3 Å². The fourth-order valence-electron chi connectivity index (χ4n) is 3.69. The Balaban J connectivity index is 1.68. The van der Waals surface area contributed by atoms with E-state index in [-0.39, 0.29) is 11.3 Å². The van der Waals surface area contributed by atoms with Crippen molar-refractivity contribution in [2.24, 2.45) is 5.41 Å². The minimum atomic E-state index is 0.000735. The molecule has 0 spiro atoms. The van der Waals surface area contributed by atoms with Gasteiger partial charge in [-0.1, -0.05) is 32.9 Å². The summed E-state index contributed by atoms with van der Waals surface area (Å²) in [5.41, 5.74) is 6.12. The van der Waals surface area contributed by atoms with Crippen LogP contribution in [0.1, 0.15) is 54.3 Å². The quantitative estimate of drug-likeness (QED) is 0.792. The average molecular weight is 371 g/mol. The van der Waals surface area contributed by atoms with Crippen LogP contribution in [0.3, 0.4) is 0 Å². The lowest BCUT2D eigenvalue weighted by Gasteiger charge is -2.27. The Bertz CT molecular complexity index is 778. The normalized spacial score (nSPS) is 15.0. The third-order valence-electron chi connectivity index (χ3n) is 4.86. The van der Waals surface area contributed by atoms with Crippen molar-refractivity contribution < 1.29 is 4.79 Å². The number of hydrogen-bond donors (Lipinski definition) is 1. The number of rotatable bonds is 4. The Morgan fingerprint density at radius 1 is 1.23 bits per heavy atom. The molecule has 1 aliphatic rings. The third kappa shape index (κ3) is 4.74. The van der Waals surface area contributed by atoms with Crippen molar-refractivity contribution in [3.8, 4) is 0 Å². The number of benzene rings is 1. The summed E-state index contributed by atoms with van der Waals surface area (Å²) in [7, 11) is 0. The van der Waals surface area contributed by atoms with Crippen LogP contribution in [0.25, 0.3) is 0 Å². The smallest absolute Gasteiger partial charge is 0.224 e. The molecule has 1 N–H and O–H groups in total. The summed E-state index contributed by atoms with van der Waals surface area (Å²) in [5.74, 6) is 0.0951. The maximum Gasteiger partial charge on any atom is 0.224 e. The SMILES string of the molecule is Cc1cc(CN2CCc3ccsc3C2)cc(C)c1NC(=O)CC(C)(C)C. The minimum Gasteiger partial charge on any atom is -0.326 e. The molecule has 2 heterocycles. The molecule has 1 amide bonds. The topological polar surface area (TPSA) is 32.3 Å². The molecule has 0 bridgehead atoms. The number of anilines is 1. The molecular weight excluding hydrogens is 340 g/mol. The molecule has 0 saturated carbocycles. The molecule has 0 fully saturated rings. The largest absolute Gasteiger partial charge is 0.326 e. The van der Waals surface area contributed by atoms with Crippen LogP contribution in [0, 0.1) is 19.3 Å². The van der Waals surface area contributed by atoms with E-state index in [2.05, 4.69) is 68.4 Å². The van der Waals surface area contributed by atoms with Gasteiger partial charge < -0.3 is 5.32 Å². The molecule has 2 aromatic rings. The predicted octanol–water partition coefficient (Wildman–Crippen LogP) is 5.30. The van der Waals surface area contributed by atoms with Crippen LogP contribution < -0.4 is 5.32 Å². The van der Waals surface area contributed by atoms with Gasteiger partial charge in [0, 0.05) is 36.6 Å². The first-order valence-corrected chi connectivity index (χ1v) is 10.3. The van der Waals surface area contributed by atoms with E-state index in [1.54, 1.807) is 0 Å². The molecule has 140 valence electrons. The van der Waals surface area contributed by atoms with E-state index >= 15 is 0 Å².